The quantitative estimate of drug-likeness (QED) is 0.913. The maximum absolute atomic E-state index is 13.3. The van der Waals surface area contributed by atoms with Crippen LogP contribution in [0.4, 0.5) is 4.39 Å². The lowest BCUT2D eigenvalue weighted by molar-refractivity contribution is -0.0413. The minimum absolute atomic E-state index is 0.184. The monoisotopic (exact) mass is 358 g/mol. The van der Waals surface area contributed by atoms with Gasteiger partial charge in [-0.3, -0.25) is 9.78 Å². The Hall–Kier alpha value is -2.47. The van der Waals surface area contributed by atoms with E-state index in [-0.39, 0.29) is 17.8 Å². The summed E-state index contributed by atoms with van der Waals surface area (Å²) in [4.78, 5) is 18.4. The number of halogens is 1. The van der Waals surface area contributed by atoms with Gasteiger partial charge < -0.3 is 14.7 Å². The zero-order chi connectivity index (χ0) is 18.7. The molecule has 1 heterocycles. The summed E-state index contributed by atoms with van der Waals surface area (Å²) < 4.78 is 19.1. The van der Waals surface area contributed by atoms with Crippen LogP contribution in [0.5, 0.6) is 5.75 Å². The van der Waals surface area contributed by atoms with E-state index in [1.165, 1.54) is 18.3 Å². The van der Waals surface area contributed by atoms with Gasteiger partial charge in [0.2, 0.25) is 0 Å². The van der Waals surface area contributed by atoms with Crippen molar-refractivity contribution in [3.05, 3.63) is 59.7 Å². The Bertz CT molecular complexity index is 783. The third kappa shape index (κ3) is 4.02. The van der Waals surface area contributed by atoms with E-state index in [4.69, 9.17) is 4.74 Å². The van der Waals surface area contributed by atoms with Gasteiger partial charge in [0.05, 0.1) is 11.6 Å². The van der Waals surface area contributed by atoms with Crippen LogP contribution in [0.3, 0.4) is 0 Å². The van der Waals surface area contributed by atoms with Gasteiger partial charge in [-0.25, -0.2) is 4.39 Å². The second-order valence-electron chi connectivity index (χ2n) is 6.77. The molecular formula is C20H23FN2O3. The Morgan fingerprint density at radius 2 is 2.12 bits per heavy atom. The molecule has 1 N–H and O–H groups in total. The van der Waals surface area contributed by atoms with Crippen LogP contribution in [0.1, 0.15) is 35.2 Å². The molecule has 0 saturated heterocycles. The van der Waals surface area contributed by atoms with Crippen LogP contribution in [-0.4, -0.2) is 46.2 Å². The topological polar surface area (TPSA) is 62.7 Å². The summed E-state index contributed by atoms with van der Waals surface area (Å²) in [5, 5.41) is 10.8. The van der Waals surface area contributed by atoms with Crippen LogP contribution in [0, 0.1) is 12.7 Å². The number of carbonyl (C=O) groups excluding carboxylic acids is 1. The lowest BCUT2D eigenvalue weighted by Gasteiger charge is -2.39. The van der Waals surface area contributed by atoms with E-state index in [0.29, 0.717) is 24.2 Å². The van der Waals surface area contributed by atoms with Gasteiger partial charge in [-0.05, 0) is 49.9 Å². The van der Waals surface area contributed by atoms with Crippen molar-refractivity contribution in [2.24, 2.45) is 0 Å². The molecule has 138 valence electrons. The zero-order valence-electron chi connectivity index (χ0n) is 14.9. The number of benzene rings is 1. The number of amides is 1. The van der Waals surface area contributed by atoms with Crippen LogP contribution in [-0.2, 0) is 0 Å². The van der Waals surface area contributed by atoms with E-state index >= 15 is 0 Å². The fraction of sp³-hybridized carbons (Fsp3) is 0.400. The minimum Gasteiger partial charge on any atom is -0.488 e. The maximum atomic E-state index is 13.3. The lowest BCUT2D eigenvalue weighted by atomic mass is 9.88. The van der Waals surface area contributed by atoms with Crippen molar-refractivity contribution >= 4 is 5.91 Å². The molecule has 1 aromatic heterocycles. The number of aromatic nitrogens is 1. The standard InChI is InChI=1S/C20H23FN2O3/c1-13-9-14(12-22-11-13)20(25)23(2)17-7-4-8-18(19(17)24)26-16-6-3-5-15(21)10-16/h3,5-6,9-12,17-19,24H,4,7-8H2,1-2H3/t17-,18+,19+/m1/s1. The number of likely N-dealkylation sites (N-methyl/N-ethyl adjacent to an activating group) is 1. The summed E-state index contributed by atoms with van der Waals surface area (Å²) in [6.07, 6.45) is 4.04. The molecule has 2 aromatic rings. The molecule has 6 heteroatoms. The van der Waals surface area contributed by atoms with Crippen molar-refractivity contribution in [3.63, 3.8) is 0 Å². The van der Waals surface area contributed by atoms with Crippen LogP contribution < -0.4 is 4.74 Å². The van der Waals surface area contributed by atoms with Crippen LogP contribution in [0.15, 0.2) is 42.7 Å². The fourth-order valence-corrected chi connectivity index (χ4v) is 3.41. The Morgan fingerprint density at radius 1 is 1.31 bits per heavy atom. The molecule has 1 fully saturated rings. The molecule has 1 saturated carbocycles. The number of nitrogens with zero attached hydrogens (tertiary/aromatic N) is 2. The van der Waals surface area contributed by atoms with E-state index in [1.807, 2.05) is 6.92 Å². The molecule has 0 aliphatic heterocycles. The van der Waals surface area contributed by atoms with Gasteiger partial charge in [-0.1, -0.05) is 6.07 Å². The number of aliphatic hydroxyl groups is 1. The van der Waals surface area contributed by atoms with Gasteiger partial charge >= 0.3 is 0 Å². The predicted octanol–water partition coefficient (Wildman–Crippen LogP) is 2.96. The predicted molar refractivity (Wildman–Crippen MR) is 95.5 cm³/mol. The number of aliphatic hydroxyl groups excluding tert-OH is 1. The summed E-state index contributed by atoms with van der Waals surface area (Å²) in [6.45, 7) is 1.88. The first-order valence-electron chi connectivity index (χ1n) is 8.75. The van der Waals surface area contributed by atoms with Crippen LogP contribution in [0.2, 0.25) is 0 Å². The number of pyridine rings is 1. The van der Waals surface area contributed by atoms with Gasteiger partial charge in [0.25, 0.3) is 5.91 Å². The van der Waals surface area contributed by atoms with Crippen molar-refractivity contribution in [1.82, 2.24) is 9.88 Å². The molecule has 1 aromatic carbocycles. The summed E-state index contributed by atoms with van der Waals surface area (Å²) in [7, 11) is 1.68. The van der Waals surface area contributed by atoms with Crippen LogP contribution in [0.25, 0.3) is 0 Å². The number of hydrogen-bond donors (Lipinski definition) is 1. The molecule has 1 aliphatic rings. The molecule has 3 atom stereocenters. The largest absolute Gasteiger partial charge is 0.488 e. The highest BCUT2D eigenvalue weighted by molar-refractivity contribution is 5.94. The number of aryl methyl sites for hydroxylation is 1. The molecule has 0 spiro atoms. The minimum atomic E-state index is -0.848. The Morgan fingerprint density at radius 3 is 2.85 bits per heavy atom. The Balaban J connectivity index is 1.72. The third-order valence-corrected chi connectivity index (χ3v) is 4.79. The molecule has 1 amide bonds. The number of carbonyl (C=O) groups is 1. The van der Waals surface area contributed by atoms with Gasteiger partial charge in [-0.15, -0.1) is 0 Å². The highest BCUT2D eigenvalue weighted by Crippen LogP contribution is 2.28. The summed E-state index contributed by atoms with van der Waals surface area (Å²) >= 11 is 0. The van der Waals surface area contributed by atoms with Crippen molar-refractivity contribution in [2.75, 3.05) is 7.05 Å². The van der Waals surface area contributed by atoms with E-state index in [2.05, 4.69) is 4.98 Å². The first-order chi connectivity index (χ1) is 12.5. The summed E-state index contributed by atoms with van der Waals surface area (Å²) in [6, 6.07) is 7.28. The second-order valence-corrected chi connectivity index (χ2v) is 6.77. The SMILES string of the molecule is Cc1cncc(C(=O)N(C)[C@@H]2CCC[C@H](Oc3cccc(F)c3)[C@H]2O)c1. The van der Waals surface area contributed by atoms with Crippen molar-refractivity contribution < 1.29 is 19.0 Å². The first-order valence-corrected chi connectivity index (χ1v) is 8.75. The lowest BCUT2D eigenvalue weighted by Crippen LogP contribution is -2.53. The van der Waals surface area contributed by atoms with Crippen molar-refractivity contribution in [1.29, 1.82) is 0 Å². The van der Waals surface area contributed by atoms with E-state index < -0.39 is 12.2 Å². The first kappa shape index (κ1) is 18.3. The van der Waals surface area contributed by atoms with Crippen molar-refractivity contribution in [2.45, 2.75) is 44.4 Å². The molecule has 5 nitrogen and oxygen atoms in total. The highest BCUT2D eigenvalue weighted by Gasteiger charge is 2.37. The molecule has 3 rings (SSSR count). The second kappa shape index (κ2) is 7.83. The number of hydrogen-bond acceptors (Lipinski definition) is 4. The average Bonchev–Trinajstić information content (AvgIpc) is 2.62. The number of rotatable bonds is 4. The van der Waals surface area contributed by atoms with Crippen LogP contribution >= 0.6 is 0 Å². The third-order valence-electron chi connectivity index (χ3n) is 4.79. The van der Waals surface area contributed by atoms with Gasteiger partial charge in [-0.2, -0.15) is 0 Å². The average molecular weight is 358 g/mol. The van der Waals surface area contributed by atoms with E-state index in [1.54, 1.807) is 36.3 Å². The molecule has 0 radical (unpaired) electrons. The van der Waals surface area contributed by atoms with E-state index in [0.717, 1.165) is 12.0 Å². The van der Waals surface area contributed by atoms with Crippen molar-refractivity contribution in [3.8, 4) is 5.75 Å². The van der Waals surface area contributed by atoms with Gasteiger partial charge in [0.15, 0.2) is 0 Å². The van der Waals surface area contributed by atoms with Gasteiger partial charge in [0, 0.05) is 25.5 Å². The molecular weight excluding hydrogens is 335 g/mol. The Kier molecular flexibility index (Phi) is 5.52. The molecule has 0 bridgehead atoms. The molecule has 26 heavy (non-hydrogen) atoms. The fourth-order valence-electron chi connectivity index (χ4n) is 3.41. The zero-order valence-corrected chi connectivity index (χ0v) is 14.9. The van der Waals surface area contributed by atoms with E-state index in [9.17, 15) is 14.3 Å². The summed E-state index contributed by atoms with van der Waals surface area (Å²) in [5.74, 6) is -0.188. The summed E-state index contributed by atoms with van der Waals surface area (Å²) in [5.41, 5.74) is 1.40. The number of ether oxygens (including phenoxy) is 1. The van der Waals surface area contributed by atoms with Gasteiger partial charge in [0.1, 0.15) is 23.8 Å². The highest BCUT2D eigenvalue weighted by atomic mass is 19.1. The molecule has 0 unspecified atom stereocenters. The smallest absolute Gasteiger partial charge is 0.255 e. The molecule has 1 aliphatic carbocycles. The Labute approximate surface area is 152 Å². The maximum Gasteiger partial charge on any atom is 0.255 e. The normalized spacial score (nSPS) is 22.7.